The summed E-state index contributed by atoms with van der Waals surface area (Å²) < 4.78 is 5.23. The Kier molecular flexibility index (Phi) is 4.04. The molecule has 94 valence electrons. The normalized spacial score (nSPS) is 10.3. The van der Waals surface area contributed by atoms with E-state index in [-0.39, 0.29) is 0 Å². The molecular weight excluding hydrogens is 246 g/mol. The van der Waals surface area contributed by atoms with Crippen molar-refractivity contribution >= 4 is 17.4 Å². The third kappa shape index (κ3) is 3.13. The second-order valence-corrected chi connectivity index (χ2v) is 4.86. The average Bonchev–Trinajstić information content (AvgIpc) is 2.37. The van der Waals surface area contributed by atoms with Gasteiger partial charge in [-0.2, -0.15) is 0 Å². The van der Waals surface area contributed by atoms with Gasteiger partial charge in [-0.1, -0.05) is 0 Å². The maximum Gasteiger partial charge on any atom is 0.122 e. The molecule has 2 heterocycles. The number of aryl methyl sites for hydroxylation is 1. The summed E-state index contributed by atoms with van der Waals surface area (Å²) in [5.74, 6) is 1.59. The Morgan fingerprint density at radius 1 is 1.39 bits per heavy atom. The molecule has 0 aromatic carbocycles. The van der Waals surface area contributed by atoms with Crippen LogP contribution in [0.5, 0.6) is 5.75 Å². The molecule has 0 spiro atoms. The molecule has 2 aromatic heterocycles. The van der Waals surface area contributed by atoms with Gasteiger partial charge in [-0.15, -0.1) is 11.8 Å². The van der Waals surface area contributed by atoms with Crippen LogP contribution < -0.4 is 10.5 Å². The minimum Gasteiger partial charge on any atom is -0.497 e. The number of ether oxygens (including phenoxy) is 1. The molecule has 0 unspecified atom stereocenters. The summed E-state index contributed by atoms with van der Waals surface area (Å²) in [6.45, 7) is 1.96. The lowest BCUT2D eigenvalue weighted by atomic mass is 10.3. The Labute approximate surface area is 111 Å². The molecule has 0 aliphatic heterocycles. The molecule has 0 amide bonds. The average molecular weight is 261 g/mol. The number of hydrogen-bond donors (Lipinski definition) is 1. The molecule has 18 heavy (non-hydrogen) atoms. The third-order valence-electron chi connectivity index (χ3n) is 2.40. The van der Waals surface area contributed by atoms with E-state index in [1.165, 1.54) is 0 Å². The molecule has 0 saturated carbocycles. The Bertz CT molecular complexity index is 546. The van der Waals surface area contributed by atoms with Gasteiger partial charge in [0.1, 0.15) is 5.75 Å². The fourth-order valence-electron chi connectivity index (χ4n) is 1.57. The molecule has 2 rings (SSSR count). The van der Waals surface area contributed by atoms with Crippen molar-refractivity contribution in [1.82, 2.24) is 9.97 Å². The Morgan fingerprint density at radius 3 is 2.94 bits per heavy atom. The molecular formula is C13H15N3OS. The Balaban J connectivity index is 2.11. The van der Waals surface area contributed by atoms with Crippen molar-refractivity contribution in [3.63, 3.8) is 0 Å². The Hall–Kier alpha value is -1.75. The van der Waals surface area contributed by atoms with Crippen molar-refractivity contribution in [2.75, 3.05) is 12.8 Å². The lowest BCUT2D eigenvalue weighted by molar-refractivity contribution is 0.413. The first-order chi connectivity index (χ1) is 8.69. The first-order valence-corrected chi connectivity index (χ1v) is 6.51. The highest BCUT2D eigenvalue weighted by molar-refractivity contribution is 7.98. The van der Waals surface area contributed by atoms with Crippen LogP contribution in [0.15, 0.2) is 35.5 Å². The molecule has 0 aliphatic rings. The van der Waals surface area contributed by atoms with Crippen molar-refractivity contribution in [2.24, 2.45) is 0 Å². The van der Waals surface area contributed by atoms with Gasteiger partial charge in [0.05, 0.1) is 24.7 Å². The first-order valence-electron chi connectivity index (χ1n) is 5.53. The SMILES string of the molecule is COc1cc(C)nc(CSc2ccncc2N)c1. The smallest absolute Gasteiger partial charge is 0.122 e. The van der Waals surface area contributed by atoms with Gasteiger partial charge in [-0.25, -0.2) is 0 Å². The third-order valence-corrected chi connectivity index (χ3v) is 3.52. The standard InChI is InChI=1S/C13H15N3OS/c1-9-5-11(17-2)6-10(16-9)8-18-13-3-4-15-7-12(13)14/h3-7H,8,14H2,1-2H3. The zero-order chi connectivity index (χ0) is 13.0. The van der Waals surface area contributed by atoms with Crippen molar-refractivity contribution in [2.45, 2.75) is 17.6 Å². The number of aromatic nitrogens is 2. The summed E-state index contributed by atoms with van der Waals surface area (Å²) in [5.41, 5.74) is 8.47. The van der Waals surface area contributed by atoms with Crippen molar-refractivity contribution in [1.29, 1.82) is 0 Å². The van der Waals surface area contributed by atoms with Gasteiger partial charge in [0, 0.05) is 34.7 Å². The molecule has 0 bridgehead atoms. The van der Waals surface area contributed by atoms with Crippen molar-refractivity contribution in [3.8, 4) is 5.75 Å². The highest BCUT2D eigenvalue weighted by Gasteiger charge is 2.04. The largest absolute Gasteiger partial charge is 0.497 e. The van der Waals surface area contributed by atoms with Gasteiger partial charge < -0.3 is 10.5 Å². The first kappa shape index (κ1) is 12.7. The number of thioether (sulfide) groups is 1. The van der Waals surface area contributed by atoms with Crippen LogP contribution in [-0.2, 0) is 5.75 Å². The molecule has 0 fully saturated rings. The number of hydrogen-bond acceptors (Lipinski definition) is 5. The molecule has 4 nitrogen and oxygen atoms in total. The molecule has 0 aliphatic carbocycles. The number of nitrogens with two attached hydrogens (primary N) is 1. The van der Waals surface area contributed by atoms with E-state index in [4.69, 9.17) is 10.5 Å². The number of methoxy groups -OCH3 is 1. The lowest BCUT2D eigenvalue weighted by Gasteiger charge is -2.07. The van der Waals surface area contributed by atoms with Gasteiger partial charge in [-0.05, 0) is 13.0 Å². The summed E-state index contributed by atoms with van der Waals surface area (Å²) in [6.07, 6.45) is 3.40. The van der Waals surface area contributed by atoms with Crippen molar-refractivity contribution < 1.29 is 4.74 Å². The van der Waals surface area contributed by atoms with Gasteiger partial charge in [0.2, 0.25) is 0 Å². The maximum absolute atomic E-state index is 5.84. The van der Waals surface area contributed by atoms with Crippen LogP contribution in [0.4, 0.5) is 5.69 Å². The van der Waals surface area contributed by atoms with E-state index >= 15 is 0 Å². The number of pyridine rings is 2. The fraction of sp³-hybridized carbons (Fsp3) is 0.231. The highest BCUT2D eigenvalue weighted by Crippen LogP contribution is 2.27. The molecule has 0 atom stereocenters. The molecule has 0 saturated heterocycles. The van der Waals surface area contributed by atoms with Gasteiger partial charge in [-0.3, -0.25) is 9.97 Å². The summed E-state index contributed by atoms with van der Waals surface area (Å²) in [7, 11) is 1.66. The Morgan fingerprint density at radius 2 is 2.22 bits per heavy atom. The molecule has 2 aromatic rings. The van der Waals surface area contributed by atoms with E-state index in [9.17, 15) is 0 Å². The maximum atomic E-state index is 5.84. The zero-order valence-electron chi connectivity index (χ0n) is 10.4. The van der Waals surface area contributed by atoms with E-state index in [0.717, 1.165) is 27.8 Å². The zero-order valence-corrected chi connectivity index (χ0v) is 11.2. The minimum absolute atomic E-state index is 0.696. The van der Waals surface area contributed by atoms with Crippen molar-refractivity contribution in [3.05, 3.63) is 42.0 Å². The van der Waals surface area contributed by atoms with Crippen LogP contribution in [0.25, 0.3) is 0 Å². The number of nitrogen functional groups attached to an aromatic ring is 1. The van der Waals surface area contributed by atoms with Crippen LogP contribution in [-0.4, -0.2) is 17.1 Å². The van der Waals surface area contributed by atoms with E-state index < -0.39 is 0 Å². The number of anilines is 1. The quantitative estimate of drug-likeness (QED) is 0.857. The van der Waals surface area contributed by atoms with Crippen LogP contribution >= 0.6 is 11.8 Å². The fourth-order valence-corrected chi connectivity index (χ4v) is 2.40. The van der Waals surface area contributed by atoms with Gasteiger partial charge in [0.15, 0.2) is 0 Å². The van der Waals surface area contributed by atoms with E-state index in [1.54, 1.807) is 31.3 Å². The van der Waals surface area contributed by atoms with E-state index in [0.29, 0.717) is 5.69 Å². The predicted molar refractivity (Wildman–Crippen MR) is 73.7 cm³/mol. The minimum atomic E-state index is 0.696. The number of nitrogens with zero attached hydrogens (tertiary/aromatic N) is 2. The van der Waals surface area contributed by atoms with Crippen LogP contribution in [0.1, 0.15) is 11.4 Å². The highest BCUT2D eigenvalue weighted by atomic mass is 32.2. The van der Waals surface area contributed by atoms with Gasteiger partial charge >= 0.3 is 0 Å². The number of rotatable bonds is 4. The summed E-state index contributed by atoms with van der Waals surface area (Å²) >= 11 is 1.64. The second-order valence-electron chi connectivity index (χ2n) is 3.84. The van der Waals surface area contributed by atoms with Gasteiger partial charge in [0.25, 0.3) is 0 Å². The monoisotopic (exact) mass is 261 g/mol. The molecule has 5 heteroatoms. The summed E-state index contributed by atoms with van der Waals surface area (Å²) in [6, 6.07) is 5.76. The van der Waals surface area contributed by atoms with E-state index in [1.807, 2.05) is 25.1 Å². The van der Waals surface area contributed by atoms with Crippen LogP contribution in [0.2, 0.25) is 0 Å². The topological polar surface area (TPSA) is 61.0 Å². The van der Waals surface area contributed by atoms with Crippen LogP contribution in [0.3, 0.4) is 0 Å². The van der Waals surface area contributed by atoms with E-state index in [2.05, 4.69) is 9.97 Å². The lowest BCUT2D eigenvalue weighted by Crippen LogP contribution is -1.94. The summed E-state index contributed by atoms with van der Waals surface area (Å²) in [5, 5.41) is 0. The predicted octanol–water partition coefficient (Wildman–Crippen LogP) is 2.67. The molecule has 2 N–H and O–H groups in total. The van der Waals surface area contributed by atoms with Crippen LogP contribution in [0, 0.1) is 6.92 Å². The second kappa shape index (κ2) is 5.73. The molecule has 0 radical (unpaired) electrons. The summed E-state index contributed by atoms with van der Waals surface area (Å²) in [4.78, 5) is 9.46.